The molecule has 2 aromatic heterocycles. The van der Waals surface area contributed by atoms with E-state index in [0.717, 1.165) is 8.14 Å². The topological polar surface area (TPSA) is 111 Å². The van der Waals surface area contributed by atoms with Crippen LogP contribution >= 0.6 is 34.8 Å². The summed E-state index contributed by atoms with van der Waals surface area (Å²) < 4.78 is 7.24. The number of aryl methyl sites for hydroxylation is 1. The molecule has 4 rings (SSSR count). The third kappa shape index (κ3) is 3.48. The molecule has 2 aromatic carbocycles. The van der Waals surface area contributed by atoms with E-state index in [0.29, 0.717) is 22.0 Å². The van der Waals surface area contributed by atoms with Gasteiger partial charge in [-0.15, -0.1) is 0 Å². The third-order valence-electron chi connectivity index (χ3n) is 4.57. The molecule has 2 heterocycles. The summed E-state index contributed by atoms with van der Waals surface area (Å²) in [6.45, 7) is 1.63. The van der Waals surface area contributed by atoms with Crippen LogP contribution in [0.2, 0.25) is 0 Å². The number of nitrogens with one attached hydrogen (secondary N) is 1. The molecule has 10 heteroatoms. The molecule has 4 aromatic rings. The summed E-state index contributed by atoms with van der Waals surface area (Å²) in [6.07, 6.45) is 0. The molecule has 0 saturated heterocycles. The average molecular weight is 533 g/mol. The summed E-state index contributed by atoms with van der Waals surface area (Å²) in [4.78, 5) is 39.4. The van der Waals surface area contributed by atoms with E-state index >= 15 is 0 Å². The number of nitro benzene ring substituents is 1. The van der Waals surface area contributed by atoms with Gasteiger partial charge in [0.15, 0.2) is 10.5 Å². The number of benzene rings is 2. The smallest absolute Gasteiger partial charge is 0.302 e. The lowest BCUT2D eigenvalue weighted by Crippen LogP contribution is -2.28. The average Bonchev–Trinajstić information content (AvgIpc) is 3.19. The van der Waals surface area contributed by atoms with Crippen LogP contribution in [0.5, 0.6) is 0 Å². The summed E-state index contributed by atoms with van der Waals surface area (Å²) in [6, 6.07) is 12.8. The molecule has 0 saturated carbocycles. The Morgan fingerprint density at radius 2 is 1.97 bits per heavy atom. The fourth-order valence-corrected chi connectivity index (χ4v) is 3.82. The van der Waals surface area contributed by atoms with E-state index in [1.807, 2.05) is 6.07 Å². The number of rotatable bonds is 3. The molecule has 150 valence electrons. The minimum absolute atomic E-state index is 0.0531. The molecular weight excluding hydrogens is 521 g/mol. The van der Waals surface area contributed by atoms with Crippen molar-refractivity contribution in [2.24, 2.45) is 0 Å². The van der Waals surface area contributed by atoms with Crippen LogP contribution in [0, 0.1) is 25.4 Å². The van der Waals surface area contributed by atoms with Crippen molar-refractivity contribution in [2.75, 3.05) is 0 Å². The molecule has 0 aliphatic rings. The van der Waals surface area contributed by atoms with Crippen LogP contribution in [0.3, 0.4) is 0 Å². The second kappa shape index (κ2) is 7.61. The zero-order chi connectivity index (χ0) is 21.6. The second-order valence-corrected chi connectivity index (χ2v) is 8.12. The van der Waals surface area contributed by atoms with Gasteiger partial charge in [0.05, 0.1) is 15.8 Å². The second-order valence-electron chi connectivity index (χ2n) is 6.49. The van der Waals surface area contributed by atoms with Gasteiger partial charge in [-0.2, -0.15) is 0 Å². The molecule has 30 heavy (non-hydrogen) atoms. The molecule has 0 bridgehead atoms. The lowest BCUT2D eigenvalue weighted by Gasteiger charge is -2.06. The molecule has 0 radical (unpaired) electrons. The lowest BCUT2D eigenvalue weighted by atomic mass is 10.1. The molecule has 0 aliphatic carbocycles. The Morgan fingerprint density at radius 3 is 2.70 bits per heavy atom. The first-order valence-electron chi connectivity index (χ1n) is 8.61. The van der Waals surface area contributed by atoms with Gasteiger partial charge in [-0.25, -0.2) is 4.57 Å². The highest BCUT2D eigenvalue weighted by Gasteiger charge is 2.20. The maximum atomic E-state index is 13.0. The van der Waals surface area contributed by atoms with Gasteiger partial charge < -0.3 is 9.40 Å². The van der Waals surface area contributed by atoms with Gasteiger partial charge in [-0.05, 0) is 72.1 Å². The van der Waals surface area contributed by atoms with Crippen LogP contribution in [0.4, 0.5) is 5.69 Å². The number of halogens is 1. The van der Waals surface area contributed by atoms with Crippen molar-refractivity contribution in [1.82, 2.24) is 9.55 Å². The zero-order valence-corrected chi connectivity index (χ0v) is 18.3. The predicted octanol–water partition coefficient (Wildman–Crippen LogP) is 4.83. The number of nitro groups is 1. The number of carbonyl (C=O) groups excluding carboxylic acids is 1. The summed E-state index contributed by atoms with van der Waals surface area (Å²) in [5, 5.41) is 11.5. The monoisotopic (exact) mass is 533 g/mol. The van der Waals surface area contributed by atoms with Crippen LogP contribution in [-0.2, 0) is 0 Å². The van der Waals surface area contributed by atoms with Crippen LogP contribution in [-0.4, -0.2) is 20.4 Å². The lowest BCUT2D eigenvalue weighted by molar-refractivity contribution is -0.385. The van der Waals surface area contributed by atoms with Gasteiger partial charge in [-0.1, -0.05) is 12.1 Å². The highest BCUT2D eigenvalue weighted by molar-refractivity contribution is 14.1. The molecular formula is C20H12IN3O5S. The number of nitrogens with zero attached hydrogens (tertiary/aromatic N) is 2. The fraction of sp³-hybridized carbons (Fsp3) is 0.0500. The number of furan rings is 1. The van der Waals surface area contributed by atoms with Gasteiger partial charge in [-0.3, -0.25) is 19.7 Å². The van der Waals surface area contributed by atoms with E-state index < -0.39 is 16.4 Å². The maximum absolute atomic E-state index is 13.0. The highest BCUT2D eigenvalue weighted by atomic mass is 127. The first-order valence-corrected chi connectivity index (χ1v) is 10.1. The van der Waals surface area contributed by atoms with Crippen LogP contribution < -0.4 is 5.56 Å². The van der Waals surface area contributed by atoms with Crippen molar-refractivity contribution in [3.8, 4) is 11.3 Å². The zero-order valence-electron chi connectivity index (χ0n) is 15.3. The van der Waals surface area contributed by atoms with E-state index in [1.165, 1.54) is 18.2 Å². The summed E-state index contributed by atoms with van der Waals surface area (Å²) in [5.74, 6) is -0.575. The normalized spacial score (nSPS) is 11.0. The van der Waals surface area contributed by atoms with Crippen molar-refractivity contribution in [2.45, 2.75) is 6.92 Å². The number of H-pyrrole nitrogens is 1. The Kier molecular flexibility index (Phi) is 5.12. The molecule has 0 amide bonds. The number of aromatic nitrogens is 2. The van der Waals surface area contributed by atoms with E-state index in [1.54, 1.807) is 31.2 Å². The number of aromatic amines is 1. The summed E-state index contributed by atoms with van der Waals surface area (Å²) >= 11 is 7.28. The molecule has 1 N–H and O–H groups in total. The van der Waals surface area contributed by atoms with Crippen molar-refractivity contribution in [3.63, 3.8) is 0 Å². The molecule has 8 nitrogen and oxygen atoms in total. The largest absolute Gasteiger partial charge is 0.451 e. The van der Waals surface area contributed by atoms with Crippen molar-refractivity contribution in [3.05, 3.63) is 88.7 Å². The molecule has 0 unspecified atom stereocenters. The van der Waals surface area contributed by atoms with Crippen molar-refractivity contribution < 1.29 is 14.1 Å². The Balaban J connectivity index is 1.79. The Labute approximate surface area is 187 Å². The number of hydrogen-bond acceptors (Lipinski definition) is 6. The third-order valence-corrected chi connectivity index (χ3v) is 5.53. The summed E-state index contributed by atoms with van der Waals surface area (Å²) in [5.41, 5.74) is 0.870. The van der Waals surface area contributed by atoms with Crippen LogP contribution in [0.25, 0.3) is 22.2 Å². The maximum Gasteiger partial charge on any atom is 0.302 e. The number of carbonyl (C=O) groups is 1. The van der Waals surface area contributed by atoms with Crippen molar-refractivity contribution >= 4 is 57.3 Å². The van der Waals surface area contributed by atoms with E-state index in [9.17, 15) is 19.7 Å². The van der Waals surface area contributed by atoms with Gasteiger partial charge in [0.2, 0.25) is 0 Å². The first kappa shape index (κ1) is 20.2. The molecule has 0 spiro atoms. The van der Waals surface area contributed by atoms with E-state index in [-0.39, 0.29) is 22.0 Å². The Hall–Kier alpha value is -3.12. The molecule has 0 aliphatic heterocycles. The first-order chi connectivity index (χ1) is 14.3. The van der Waals surface area contributed by atoms with Gasteiger partial charge in [0.25, 0.3) is 11.2 Å². The van der Waals surface area contributed by atoms with E-state index in [4.69, 9.17) is 16.6 Å². The quantitative estimate of drug-likeness (QED) is 0.175. The minimum atomic E-state index is -0.727. The highest BCUT2D eigenvalue weighted by Crippen LogP contribution is 2.28. The van der Waals surface area contributed by atoms with Gasteiger partial charge >= 0.3 is 5.91 Å². The number of fused-ring (bicyclic) bond motifs is 1. The molecule has 0 atom stereocenters. The van der Waals surface area contributed by atoms with E-state index in [2.05, 4.69) is 27.6 Å². The summed E-state index contributed by atoms with van der Waals surface area (Å²) in [7, 11) is 0. The Bertz CT molecular complexity index is 1470. The standard InChI is InChI=1S/C20H12IN3O5S/c1-10-2-3-11(8-15(10)24(27)28)16-6-7-17(29-16)19(26)23-18(25)13-9-12(21)4-5-14(13)22-20(23)30/h2-9H,1H3,(H,22,30). The predicted molar refractivity (Wildman–Crippen MR) is 121 cm³/mol. The Morgan fingerprint density at radius 1 is 1.20 bits per heavy atom. The molecule has 0 fully saturated rings. The van der Waals surface area contributed by atoms with Gasteiger partial charge in [0, 0.05) is 20.8 Å². The minimum Gasteiger partial charge on any atom is -0.451 e. The van der Waals surface area contributed by atoms with Crippen LogP contribution in [0.15, 0.2) is 57.7 Å². The van der Waals surface area contributed by atoms with Crippen LogP contribution in [0.1, 0.15) is 16.1 Å². The SMILES string of the molecule is Cc1ccc(-c2ccc(C(=O)n3c(=S)[nH]c4ccc(I)cc4c3=O)o2)cc1[N+](=O)[O-]. The fourth-order valence-electron chi connectivity index (χ4n) is 3.05. The number of hydrogen-bond donors (Lipinski definition) is 1. The van der Waals surface area contributed by atoms with Gasteiger partial charge in [0.1, 0.15) is 5.76 Å². The van der Waals surface area contributed by atoms with Crippen molar-refractivity contribution in [1.29, 1.82) is 0 Å².